The van der Waals surface area contributed by atoms with Gasteiger partial charge in [0.05, 0.1) is 41.9 Å². The minimum Gasteiger partial charge on any atom is -0.481 e. The first-order valence-electron chi connectivity index (χ1n) is 44.0. The maximum Gasteiger partial charge on any atom is 0.303 e. The molecule has 0 radical (unpaired) electrons. The third-order valence-electron chi connectivity index (χ3n) is 18.4. The molecule has 11 aromatic heterocycles. The first-order valence-corrected chi connectivity index (χ1v) is 53.7. The van der Waals surface area contributed by atoms with Crippen LogP contribution in [-0.2, 0) is 36.6 Å². The zero-order chi connectivity index (χ0) is 102. The topological polar surface area (TPSA) is 318 Å². The molecule has 34 heteroatoms. The summed E-state index contributed by atoms with van der Waals surface area (Å²) >= 11 is 17.9. The third-order valence-corrected chi connectivity index (χ3v) is 28.0. The van der Waals surface area contributed by atoms with Gasteiger partial charge in [0.15, 0.2) is 28.9 Å². The number of aliphatic hydroxyl groups excluding tert-OH is 1. The Kier molecular flexibility index (Phi) is 66.5. The molecule has 0 bridgehead atoms. The number of aryl methyl sites for hydroxylation is 13. The van der Waals surface area contributed by atoms with E-state index in [0.717, 1.165) is 95.6 Å². The van der Waals surface area contributed by atoms with E-state index in [1.165, 1.54) is 88.9 Å². The van der Waals surface area contributed by atoms with E-state index in [4.69, 9.17) is 35.3 Å². The molecule has 0 unspecified atom stereocenters. The number of carboxylic acids is 2. The fourth-order valence-corrected chi connectivity index (χ4v) is 19.0. The van der Waals surface area contributed by atoms with E-state index in [1.807, 2.05) is 182 Å². The van der Waals surface area contributed by atoms with Crippen LogP contribution in [0.1, 0.15) is 255 Å². The first-order chi connectivity index (χ1) is 63.9. The molecule has 0 saturated carbocycles. The fourth-order valence-electron chi connectivity index (χ4n) is 11.3. The van der Waals surface area contributed by atoms with Crippen molar-refractivity contribution in [3.05, 3.63) is 241 Å². The third kappa shape index (κ3) is 57.6. The lowest BCUT2D eigenvalue weighted by Crippen LogP contribution is -2.36. The Morgan fingerprint density at radius 3 is 0.911 bits per heavy atom. The number of amides is 4. The Labute approximate surface area is 845 Å². The van der Waals surface area contributed by atoms with Gasteiger partial charge in [-0.3, -0.25) is 52.7 Å². The molecule has 0 aromatic carbocycles. The summed E-state index contributed by atoms with van der Waals surface area (Å²) in [5, 5.41) is 46.5. The van der Waals surface area contributed by atoms with E-state index in [0.29, 0.717) is 76.3 Å². The number of nitrogens with zero attached hydrogens (tertiary/aromatic N) is 5. The van der Waals surface area contributed by atoms with Crippen molar-refractivity contribution in [2.75, 3.05) is 123 Å². The Morgan fingerprint density at radius 2 is 0.622 bits per heavy atom. The molecule has 0 fully saturated rings. The van der Waals surface area contributed by atoms with E-state index in [2.05, 4.69) is 60.6 Å². The molecule has 4 amide bonds. The predicted molar refractivity (Wildman–Crippen MR) is 570 cm³/mol. The van der Waals surface area contributed by atoms with Crippen molar-refractivity contribution in [2.24, 2.45) is 5.73 Å². The van der Waals surface area contributed by atoms with Crippen molar-refractivity contribution >= 4 is 189 Å². The van der Waals surface area contributed by atoms with Crippen LogP contribution in [0.5, 0.6) is 0 Å². The van der Waals surface area contributed by atoms with E-state index in [-0.39, 0.29) is 78.4 Å². The summed E-state index contributed by atoms with van der Waals surface area (Å²) in [5.41, 5.74) is 14.7. The molecule has 0 saturated heterocycles. The van der Waals surface area contributed by atoms with Crippen molar-refractivity contribution in [1.82, 2.24) is 24.5 Å². The van der Waals surface area contributed by atoms with Crippen molar-refractivity contribution < 1.29 is 82.3 Å². The number of methoxy groups -OCH3 is 3. The van der Waals surface area contributed by atoms with Gasteiger partial charge in [0, 0.05) is 231 Å². The molecule has 0 aliphatic carbocycles. The maximum absolute atomic E-state index is 12.2. The quantitative estimate of drug-likeness (QED) is 0.0158. The number of aliphatic hydroxyl groups is 1. The van der Waals surface area contributed by atoms with Crippen molar-refractivity contribution in [3.8, 4) is 0 Å². The number of ketones is 5. The number of carbonyl (C=O) groups is 11. The lowest BCUT2D eigenvalue weighted by molar-refractivity contribution is -0.138. The van der Waals surface area contributed by atoms with Crippen molar-refractivity contribution in [2.45, 2.75) is 186 Å². The van der Waals surface area contributed by atoms with Crippen molar-refractivity contribution in [3.63, 3.8) is 0 Å². The van der Waals surface area contributed by atoms with Gasteiger partial charge in [0.25, 0.3) is 17.7 Å². The second-order valence-electron chi connectivity index (χ2n) is 31.8. The summed E-state index contributed by atoms with van der Waals surface area (Å²) in [6.07, 6.45) is 10.6. The lowest BCUT2D eigenvalue weighted by Gasteiger charge is -2.21. The molecule has 0 aliphatic rings. The van der Waals surface area contributed by atoms with E-state index in [9.17, 15) is 52.7 Å². The van der Waals surface area contributed by atoms with Crippen LogP contribution in [-0.4, -0.2) is 228 Å². The average Bonchev–Trinajstić information content (AvgIpc) is 1.77. The summed E-state index contributed by atoms with van der Waals surface area (Å²) in [6.45, 7) is 30.9. The molecule has 11 heterocycles. The number of hydrogen-bond acceptors (Lipinski definition) is 28. The number of unbranched alkanes of at least 4 members (excludes halogenated alkanes) is 1. The number of carbonyl (C=O) groups excluding carboxylic acids is 9. The van der Waals surface area contributed by atoms with Crippen LogP contribution in [0.4, 0.5) is 0 Å². The molecule has 0 spiro atoms. The number of carboxylic acid groups (broad SMARTS) is 2. The van der Waals surface area contributed by atoms with Gasteiger partial charge in [-0.15, -0.1) is 125 Å². The number of thiophene rings is 11. The Morgan fingerprint density at radius 1 is 0.319 bits per heavy atom. The molecule has 23 nitrogen and oxygen atoms in total. The fraction of sp³-hybridized carbons (Fsp3) is 0.455. The van der Waals surface area contributed by atoms with Gasteiger partial charge in [-0.2, -0.15) is 0 Å². The highest BCUT2D eigenvalue weighted by molar-refractivity contribution is 7.13. The van der Waals surface area contributed by atoms with E-state index in [1.54, 1.807) is 171 Å². The van der Waals surface area contributed by atoms with Gasteiger partial charge in [-0.25, -0.2) is 0 Å². The molecule has 5 N–H and O–H groups in total. The maximum atomic E-state index is 12.2. The van der Waals surface area contributed by atoms with Crippen LogP contribution >= 0.6 is 125 Å². The second kappa shape index (κ2) is 72.0. The Hall–Kier alpha value is -8.37. The van der Waals surface area contributed by atoms with Gasteiger partial charge in [0.2, 0.25) is 5.91 Å². The molecule has 0 aliphatic heterocycles. The zero-order valence-electron chi connectivity index (χ0n) is 82.8. The molecule has 11 aromatic rings. The van der Waals surface area contributed by atoms with E-state index < -0.39 is 11.9 Å². The van der Waals surface area contributed by atoms with Crippen LogP contribution in [0.3, 0.4) is 0 Å². The average molecular weight is 2070 g/mol. The molecular formula is C101H142N6O17S11. The minimum absolute atomic E-state index is 0.00574. The van der Waals surface area contributed by atoms with E-state index >= 15 is 0 Å². The number of aliphatic carboxylic acids is 2. The lowest BCUT2D eigenvalue weighted by atomic mass is 10.1. The Bertz CT molecular complexity index is 5220. The molecule has 11 rings (SSSR count). The van der Waals surface area contributed by atoms with Gasteiger partial charge in [-0.1, -0.05) is 13.8 Å². The van der Waals surface area contributed by atoms with Gasteiger partial charge in [0.1, 0.15) is 6.73 Å². The monoisotopic (exact) mass is 2060 g/mol. The van der Waals surface area contributed by atoms with Crippen LogP contribution < -0.4 is 5.73 Å². The van der Waals surface area contributed by atoms with Gasteiger partial charge >= 0.3 is 11.9 Å². The molecular weight excluding hydrogens is 1920 g/mol. The number of primary amides is 1. The van der Waals surface area contributed by atoms with Crippen LogP contribution in [0, 0.1) is 76.2 Å². The largest absolute Gasteiger partial charge is 0.481 e. The number of hydrogen-bond donors (Lipinski definition) is 4. The zero-order valence-corrected chi connectivity index (χ0v) is 91.8. The number of ether oxygens (including phenoxy) is 3. The van der Waals surface area contributed by atoms with Crippen molar-refractivity contribution in [1.29, 1.82) is 0 Å². The number of rotatable bonds is 39. The second-order valence-corrected chi connectivity index (χ2v) is 44.0. The summed E-state index contributed by atoms with van der Waals surface area (Å²) in [6, 6.07) is 21.5. The van der Waals surface area contributed by atoms with Gasteiger partial charge < -0.3 is 59.8 Å². The molecule has 0 atom stereocenters. The number of Topliss-reactive ketones (excluding diaryl/α,β-unsaturated/α-hetero) is 5. The predicted octanol–water partition coefficient (Wildman–Crippen LogP) is 24.2. The minimum atomic E-state index is -0.930. The summed E-state index contributed by atoms with van der Waals surface area (Å²) < 4.78 is 14.9. The molecule has 135 heavy (non-hydrogen) atoms. The first kappa shape index (κ1) is 125. The standard InChI is InChI=1S/C12H19NO3S.C11H17NOS.C11H19NS.C9H13NO2S.C9H10O3S.2C9H12O2S.C9H12OS.C8H11NOS.C8H10OS.C6H7NOS/c1-10-8-11(9-17-10)12(14)13(4-6-15-2)5-7-16-3;1-9-7-10(8-14-9)11(13)5-4-6-12(2)3;1-10-8-11(9-13-10)6-4-5-7-12(2)3;1-7-4-8(5-13-7)9(11)10(2)6-12-3;1-6-4-7(5-13-6)8(10)2-3-9(11)12;1-7-5-8(6-12-7)9(11)3-2-4-10;1-7-5-8(6-12-7)3-2-4-9(10)11;1-3-4-9(10)8-5-7(2)11-6-8;1-6-4-7(5-11-6)8(10)9(2)3;1-3-8(9)7-4-6(2)10-5-7;1-4-2-5(3-9-4)6(7)8/h8-9H,4-7H2,1-3H3;7-8H,4-6H2,1-3H3;8-9H,4-7H2,1-3H3;4-5H,6H2,1-3H3;4-5H,2-3H2,1H3,(H,11,12);5-6,10H,2-4H2,1H3;5-6H,2-4H2,1H3,(H,10,11);5-6H,3-4H2,1-2H3;4-5H,1-3H3;4-5H,3H2,1-2H3;2-3H,1H3,(H2,7,8). The highest BCUT2D eigenvalue weighted by atomic mass is 32.1. The summed E-state index contributed by atoms with van der Waals surface area (Å²) in [5.74, 6) is -1.02. The highest BCUT2D eigenvalue weighted by Gasteiger charge is 2.19. The SMILES string of the molecule is CCC(=O)c1csc(C)c1.CCCC(=O)c1csc(C)c1.COCCN(CCOC)C(=O)c1csc(C)c1.COCN(C)C(=O)c1csc(C)c1.Cc1cc(C(=O)CCC(=O)O)cs1.Cc1cc(C(=O)CCCN(C)C)cs1.Cc1cc(C(=O)CCCO)cs1.Cc1cc(C(=O)N(C)C)cs1.Cc1cc(C(N)=O)cs1.Cc1cc(CCCC(=O)O)cs1.Cc1cc(CCCCN(C)C)cs1. The normalized spacial score (nSPS) is 10.2. The number of nitrogens with two attached hydrogens (primary N) is 1. The smallest absolute Gasteiger partial charge is 0.303 e. The highest BCUT2D eigenvalue weighted by Crippen LogP contribution is 2.24. The summed E-state index contributed by atoms with van der Waals surface area (Å²) in [4.78, 5) is 145. The van der Waals surface area contributed by atoms with Crippen LogP contribution in [0.15, 0.2) is 126 Å². The van der Waals surface area contributed by atoms with Crippen LogP contribution in [0.2, 0.25) is 0 Å². The molecule has 744 valence electrons. The van der Waals surface area contributed by atoms with Crippen LogP contribution in [0.25, 0.3) is 0 Å². The Balaban J connectivity index is 0.000000745. The summed E-state index contributed by atoms with van der Waals surface area (Å²) in [7, 11) is 18.4. The van der Waals surface area contributed by atoms with Gasteiger partial charge in [-0.05, 0) is 257 Å².